The van der Waals surface area contributed by atoms with Gasteiger partial charge in [-0.15, -0.1) is 0 Å². The molecule has 19 heavy (non-hydrogen) atoms. The summed E-state index contributed by atoms with van der Waals surface area (Å²) in [5.74, 6) is -0.237. The van der Waals surface area contributed by atoms with Gasteiger partial charge in [-0.25, -0.2) is 4.39 Å². The molecular weight excluding hydrogens is 251 g/mol. The first kappa shape index (κ1) is 13.7. The van der Waals surface area contributed by atoms with Crippen LogP contribution in [0.4, 0.5) is 15.8 Å². The minimum Gasteiger partial charge on any atom is -0.384 e. The van der Waals surface area contributed by atoms with Crippen molar-refractivity contribution < 1.29 is 14.1 Å². The first-order valence-corrected chi connectivity index (χ1v) is 6.40. The third kappa shape index (κ3) is 3.41. The Morgan fingerprint density at radius 2 is 2.32 bits per heavy atom. The summed E-state index contributed by atoms with van der Waals surface area (Å²) in [4.78, 5) is 10.1. The molecule has 2 unspecified atom stereocenters. The molecule has 1 heterocycles. The van der Waals surface area contributed by atoms with Crippen LogP contribution in [0.2, 0.25) is 0 Å². The molecule has 1 aliphatic rings. The lowest BCUT2D eigenvalue weighted by atomic mass is 9.99. The summed E-state index contributed by atoms with van der Waals surface area (Å²) in [7, 11) is 0. The highest BCUT2D eigenvalue weighted by Crippen LogP contribution is 2.25. The number of hydrogen-bond donors (Lipinski definition) is 1. The number of rotatable bonds is 5. The van der Waals surface area contributed by atoms with E-state index in [1.54, 1.807) is 0 Å². The first-order valence-electron chi connectivity index (χ1n) is 6.40. The second-order valence-corrected chi connectivity index (χ2v) is 4.70. The second-order valence-electron chi connectivity index (χ2n) is 4.70. The van der Waals surface area contributed by atoms with Gasteiger partial charge in [-0.3, -0.25) is 10.1 Å². The van der Waals surface area contributed by atoms with Crippen molar-refractivity contribution in [2.45, 2.75) is 25.9 Å². The molecule has 1 aromatic rings. The summed E-state index contributed by atoms with van der Waals surface area (Å²) in [5.41, 5.74) is 0.200. The lowest BCUT2D eigenvalue weighted by Gasteiger charge is -2.17. The molecule has 0 bridgehead atoms. The molecule has 0 radical (unpaired) electrons. The van der Waals surface area contributed by atoms with Crippen LogP contribution in [0.3, 0.4) is 0 Å². The van der Waals surface area contributed by atoms with Gasteiger partial charge in [-0.1, -0.05) is 6.92 Å². The average molecular weight is 268 g/mol. The topological polar surface area (TPSA) is 64.4 Å². The van der Waals surface area contributed by atoms with Crippen LogP contribution >= 0.6 is 0 Å². The Bertz CT molecular complexity index is 467. The van der Waals surface area contributed by atoms with E-state index in [0.29, 0.717) is 18.2 Å². The molecule has 5 nitrogen and oxygen atoms in total. The van der Waals surface area contributed by atoms with Crippen LogP contribution in [0.15, 0.2) is 18.2 Å². The van der Waals surface area contributed by atoms with Gasteiger partial charge in [0.15, 0.2) is 0 Å². The molecule has 1 aromatic carbocycles. The number of anilines is 1. The summed E-state index contributed by atoms with van der Waals surface area (Å²) < 4.78 is 18.8. The van der Waals surface area contributed by atoms with E-state index in [2.05, 4.69) is 12.2 Å². The Balaban J connectivity index is 2.01. The maximum Gasteiger partial charge on any atom is 0.274 e. The predicted molar refractivity (Wildman–Crippen MR) is 69.7 cm³/mol. The van der Waals surface area contributed by atoms with Crippen LogP contribution in [0, 0.1) is 21.8 Å². The minimum absolute atomic E-state index is 0.219. The maximum atomic E-state index is 13.3. The van der Waals surface area contributed by atoms with E-state index in [1.807, 2.05) is 0 Å². The summed E-state index contributed by atoms with van der Waals surface area (Å²) in [5, 5.41) is 13.7. The van der Waals surface area contributed by atoms with E-state index < -0.39 is 10.7 Å². The van der Waals surface area contributed by atoms with Crippen LogP contribution in [0.25, 0.3) is 0 Å². The Hall–Kier alpha value is -1.69. The average Bonchev–Trinajstić information content (AvgIpc) is 2.83. The van der Waals surface area contributed by atoms with E-state index in [9.17, 15) is 14.5 Å². The Morgan fingerprint density at radius 1 is 1.53 bits per heavy atom. The third-order valence-electron chi connectivity index (χ3n) is 3.41. The summed E-state index contributed by atoms with van der Waals surface area (Å²) in [6, 6.07) is 3.53. The van der Waals surface area contributed by atoms with Crippen molar-refractivity contribution in [3.8, 4) is 0 Å². The van der Waals surface area contributed by atoms with Gasteiger partial charge in [0, 0.05) is 30.8 Å². The van der Waals surface area contributed by atoms with Crippen molar-refractivity contribution >= 4 is 11.4 Å². The Morgan fingerprint density at radius 3 is 3.00 bits per heavy atom. The van der Waals surface area contributed by atoms with E-state index in [0.717, 1.165) is 25.5 Å². The van der Waals surface area contributed by atoms with Crippen molar-refractivity contribution in [1.29, 1.82) is 0 Å². The lowest BCUT2D eigenvalue weighted by Crippen LogP contribution is -2.22. The molecule has 1 N–H and O–H groups in total. The molecule has 0 saturated carbocycles. The molecule has 2 atom stereocenters. The van der Waals surface area contributed by atoms with Crippen molar-refractivity contribution in [2.75, 3.05) is 18.5 Å². The predicted octanol–water partition coefficient (Wildman–Crippen LogP) is 2.96. The summed E-state index contributed by atoms with van der Waals surface area (Å²) in [6.45, 7) is 3.45. The lowest BCUT2D eigenvalue weighted by molar-refractivity contribution is -0.385. The van der Waals surface area contributed by atoms with Gasteiger partial charge < -0.3 is 10.1 Å². The standard InChI is InChI=1S/C13H17FN2O3/c1-2-13-9(3-4-19-13)8-15-11-5-10(14)6-12(7-11)16(17)18/h5-7,9,13,15H,2-4,8H2,1H3. The zero-order valence-corrected chi connectivity index (χ0v) is 10.8. The molecule has 6 heteroatoms. The summed E-state index contributed by atoms with van der Waals surface area (Å²) in [6.07, 6.45) is 2.12. The third-order valence-corrected chi connectivity index (χ3v) is 3.41. The fourth-order valence-electron chi connectivity index (χ4n) is 2.41. The highest BCUT2D eigenvalue weighted by molar-refractivity contribution is 5.51. The van der Waals surface area contributed by atoms with Gasteiger partial charge in [0.1, 0.15) is 5.82 Å². The molecule has 104 valence electrons. The van der Waals surface area contributed by atoms with Crippen LogP contribution in [-0.2, 0) is 4.74 Å². The number of halogens is 1. The van der Waals surface area contributed by atoms with Gasteiger partial charge in [-0.05, 0) is 18.9 Å². The highest BCUT2D eigenvalue weighted by atomic mass is 19.1. The SMILES string of the molecule is CCC1OCCC1CNc1cc(F)cc([N+](=O)[O-])c1. The molecular formula is C13H17FN2O3. The van der Waals surface area contributed by atoms with Gasteiger partial charge >= 0.3 is 0 Å². The van der Waals surface area contributed by atoms with Gasteiger partial charge in [-0.2, -0.15) is 0 Å². The van der Waals surface area contributed by atoms with Crippen LogP contribution < -0.4 is 5.32 Å². The molecule has 0 aromatic heterocycles. The molecule has 1 aliphatic heterocycles. The molecule has 0 amide bonds. The number of ether oxygens (including phenoxy) is 1. The van der Waals surface area contributed by atoms with Crippen molar-refractivity contribution in [1.82, 2.24) is 0 Å². The number of nitrogens with one attached hydrogen (secondary N) is 1. The van der Waals surface area contributed by atoms with E-state index in [-0.39, 0.29) is 11.8 Å². The number of non-ortho nitro benzene ring substituents is 1. The van der Waals surface area contributed by atoms with Crippen molar-refractivity contribution in [3.05, 3.63) is 34.1 Å². The normalized spacial score (nSPS) is 22.4. The van der Waals surface area contributed by atoms with E-state index in [1.165, 1.54) is 12.1 Å². The number of nitro benzene ring substituents is 1. The van der Waals surface area contributed by atoms with Gasteiger partial charge in [0.2, 0.25) is 0 Å². The molecule has 1 saturated heterocycles. The minimum atomic E-state index is -0.605. The van der Waals surface area contributed by atoms with Gasteiger partial charge in [0.25, 0.3) is 5.69 Å². The number of hydrogen-bond acceptors (Lipinski definition) is 4. The second kappa shape index (κ2) is 5.97. The fourth-order valence-corrected chi connectivity index (χ4v) is 2.41. The van der Waals surface area contributed by atoms with E-state index in [4.69, 9.17) is 4.74 Å². The molecule has 1 fully saturated rings. The number of nitrogens with zero attached hydrogens (tertiary/aromatic N) is 1. The smallest absolute Gasteiger partial charge is 0.274 e. The maximum absolute atomic E-state index is 13.3. The van der Waals surface area contributed by atoms with Crippen LogP contribution in [0.1, 0.15) is 19.8 Å². The number of nitro groups is 1. The monoisotopic (exact) mass is 268 g/mol. The van der Waals surface area contributed by atoms with Gasteiger partial charge in [0.05, 0.1) is 17.1 Å². The summed E-state index contributed by atoms with van der Waals surface area (Å²) >= 11 is 0. The molecule has 0 aliphatic carbocycles. The molecule has 0 spiro atoms. The Labute approximate surface area is 110 Å². The quantitative estimate of drug-likeness (QED) is 0.658. The zero-order chi connectivity index (χ0) is 13.8. The highest BCUT2D eigenvalue weighted by Gasteiger charge is 2.26. The molecule has 2 rings (SSSR count). The largest absolute Gasteiger partial charge is 0.384 e. The first-order chi connectivity index (χ1) is 9.10. The zero-order valence-electron chi connectivity index (χ0n) is 10.8. The Kier molecular flexibility index (Phi) is 4.31. The van der Waals surface area contributed by atoms with Crippen LogP contribution in [0.5, 0.6) is 0 Å². The van der Waals surface area contributed by atoms with Crippen molar-refractivity contribution in [3.63, 3.8) is 0 Å². The van der Waals surface area contributed by atoms with Crippen LogP contribution in [-0.4, -0.2) is 24.2 Å². The number of benzene rings is 1. The van der Waals surface area contributed by atoms with E-state index >= 15 is 0 Å². The fraction of sp³-hybridized carbons (Fsp3) is 0.538. The van der Waals surface area contributed by atoms with Crippen molar-refractivity contribution in [2.24, 2.45) is 5.92 Å².